The van der Waals surface area contributed by atoms with Gasteiger partial charge in [0, 0.05) is 43.8 Å². The largest absolute Gasteiger partial charge is 0.474 e. The lowest BCUT2D eigenvalue weighted by Crippen LogP contribution is -2.38. The summed E-state index contributed by atoms with van der Waals surface area (Å²) >= 11 is 0. The second-order valence-corrected chi connectivity index (χ2v) is 6.53. The van der Waals surface area contributed by atoms with Crippen LogP contribution in [0.1, 0.15) is 38.2 Å². The van der Waals surface area contributed by atoms with Crippen LogP contribution in [-0.2, 0) is 13.1 Å². The van der Waals surface area contributed by atoms with Gasteiger partial charge in [-0.1, -0.05) is 6.07 Å². The molecule has 2 aromatic heterocycles. The van der Waals surface area contributed by atoms with Crippen LogP contribution in [-0.4, -0.2) is 34.7 Å². The summed E-state index contributed by atoms with van der Waals surface area (Å²) in [7, 11) is 0. The van der Waals surface area contributed by atoms with Gasteiger partial charge in [0.1, 0.15) is 6.10 Å². The maximum absolute atomic E-state index is 6.10. The summed E-state index contributed by atoms with van der Waals surface area (Å²) in [6.45, 7) is 5.17. The fourth-order valence-corrected chi connectivity index (χ4v) is 3.14. The zero-order valence-electron chi connectivity index (χ0n) is 15.9. The summed E-state index contributed by atoms with van der Waals surface area (Å²) in [4.78, 5) is 9.13. The normalized spacial score (nSPS) is 14.6. The Hall–Kier alpha value is -1.77. The van der Waals surface area contributed by atoms with E-state index in [1.807, 2.05) is 24.3 Å². The van der Waals surface area contributed by atoms with E-state index in [-0.39, 0.29) is 24.0 Å². The minimum absolute atomic E-state index is 0. The zero-order valence-corrected chi connectivity index (χ0v) is 18.3. The van der Waals surface area contributed by atoms with Gasteiger partial charge in [-0.05, 0) is 50.8 Å². The van der Waals surface area contributed by atoms with E-state index in [4.69, 9.17) is 9.73 Å². The third-order valence-corrected chi connectivity index (χ3v) is 4.51. The lowest BCUT2D eigenvalue weighted by atomic mass is 10.2. The van der Waals surface area contributed by atoms with Gasteiger partial charge in [-0.15, -0.1) is 24.0 Å². The fraction of sp³-hybridized carbons (Fsp3) is 0.500. The molecule has 2 heterocycles. The van der Waals surface area contributed by atoms with E-state index >= 15 is 0 Å². The Morgan fingerprint density at radius 2 is 2.00 bits per heavy atom. The van der Waals surface area contributed by atoms with Crippen molar-refractivity contribution < 1.29 is 4.74 Å². The van der Waals surface area contributed by atoms with Gasteiger partial charge in [-0.25, -0.2) is 9.98 Å². The monoisotopic (exact) mass is 483 g/mol. The topological polar surface area (TPSA) is 63.5 Å². The number of rotatable bonds is 8. The number of aromatic nitrogens is 2. The van der Waals surface area contributed by atoms with Crippen molar-refractivity contribution in [2.45, 2.75) is 51.8 Å². The van der Waals surface area contributed by atoms with Gasteiger partial charge in [0.2, 0.25) is 5.88 Å². The van der Waals surface area contributed by atoms with Gasteiger partial charge in [0.05, 0.1) is 6.54 Å². The Balaban J connectivity index is 0.00000261. The van der Waals surface area contributed by atoms with E-state index < -0.39 is 0 Å². The first-order valence-corrected chi connectivity index (χ1v) is 9.58. The molecule has 0 saturated heterocycles. The predicted octanol–water partition coefficient (Wildman–Crippen LogP) is 3.58. The number of nitrogens with zero attached hydrogens (tertiary/aromatic N) is 3. The molecule has 6 nitrogen and oxygen atoms in total. The van der Waals surface area contributed by atoms with Gasteiger partial charge >= 0.3 is 0 Å². The molecule has 1 saturated carbocycles. The maximum atomic E-state index is 6.10. The smallest absolute Gasteiger partial charge is 0.218 e. The van der Waals surface area contributed by atoms with Crippen LogP contribution in [0.3, 0.4) is 0 Å². The van der Waals surface area contributed by atoms with Crippen molar-refractivity contribution in [2.24, 2.45) is 4.99 Å². The number of nitrogens with one attached hydrogen (secondary N) is 2. The highest BCUT2D eigenvalue weighted by atomic mass is 127. The Morgan fingerprint density at radius 3 is 2.74 bits per heavy atom. The highest BCUT2D eigenvalue weighted by molar-refractivity contribution is 14.0. The molecule has 2 N–H and O–H groups in total. The standard InChI is InChI=1S/C20H29N5O.HI/c1-2-21-20(23-12-15-25-13-5-6-14-25)24-16-17-8-7-11-22-19(17)26-18-9-3-4-10-18;/h5-8,11,13-14,18H,2-4,9-10,12,15-16H2,1H3,(H2,21,23,24);1H. The molecular formula is C20H30IN5O. The third-order valence-electron chi connectivity index (χ3n) is 4.51. The Morgan fingerprint density at radius 1 is 1.22 bits per heavy atom. The zero-order chi connectivity index (χ0) is 18.0. The molecule has 0 atom stereocenters. The molecule has 0 radical (unpaired) electrons. The molecule has 0 amide bonds. The number of halogens is 1. The molecule has 0 aliphatic heterocycles. The number of hydrogen-bond acceptors (Lipinski definition) is 3. The quantitative estimate of drug-likeness (QED) is 0.343. The highest BCUT2D eigenvalue weighted by Crippen LogP contribution is 2.25. The molecule has 0 unspecified atom stereocenters. The van der Waals surface area contributed by atoms with Crippen LogP contribution in [0, 0.1) is 0 Å². The first-order valence-electron chi connectivity index (χ1n) is 9.58. The molecule has 0 bridgehead atoms. The van der Waals surface area contributed by atoms with E-state index in [2.05, 4.69) is 39.5 Å². The summed E-state index contributed by atoms with van der Waals surface area (Å²) < 4.78 is 8.25. The van der Waals surface area contributed by atoms with Crippen molar-refractivity contribution in [1.82, 2.24) is 20.2 Å². The van der Waals surface area contributed by atoms with Crippen molar-refractivity contribution in [3.8, 4) is 5.88 Å². The molecule has 0 aromatic carbocycles. The number of guanidine groups is 1. The fourth-order valence-electron chi connectivity index (χ4n) is 3.14. The molecule has 7 heteroatoms. The lowest BCUT2D eigenvalue weighted by Gasteiger charge is -2.15. The third kappa shape index (κ3) is 7.04. The van der Waals surface area contributed by atoms with Crippen LogP contribution in [0.25, 0.3) is 0 Å². The van der Waals surface area contributed by atoms with Crippen molar-refractivity contribution in [3.05, 3.63) is 48.4 Å². The van der Waals surface area contributed by atoms with Crippen LogP contribution >= 0.6 is 24.0 Å². The number of pyridine rings is 1. The first-order chi connectivity index (χ1) is 12.8. The molecule has 1 fully saturated rings. The average molecular weight is 483 g/mol. The van der Waals surface area contributed by atoms with E-state index in [9.17, 15) is 0 Å². The highest BCUT2D eigenvalue weighted by Gasteiger charge is 2.18. The summed E-state index contributed by atoms with van der Waals surface area (Å²) in [6.07, 6.45) is 11.0. The summed E-state index contributed by atoms with van der Waals surface area (Å²) in [5, 5.41) is 6.67. The van der Waals surface area contributed by atoms with Crippen LogP contribution in [0.4, 0.5) is 0 Å². The molecule has 1 aliphatic carbocycles. The Bertz CT molecular complexity index is 683. The van der Waals surface area contributed by atoms with Crippen molar-refractivity contribution in [3.63, 3.8) is 0 Å². The minimum Gasteiger partial charge on any atom is -0.474 e. The number of hydrogen-bond donors (Lipinski definition) is 2. The predicted molar refractivity (Wildman–Crippen MR) is 120 cm³/mol. The molecule has 0 spiro atoms. The molecule has 27 heavy (non-hydrogen) atoms. The van der Waals surface area contributed by atoms with Gasteiger partial charge in [0.25, 0.3) is 0 Å². The molecular weight excluding hydrogens is 453 g/mol. The van der Waals surface area contributed by atoms with Gasteiger partial charge < -0.3 is 19.9 Å². The van der Waals surface area contributed by atoms with E-state index in [1.165, 1.54) is 12.8 Å². The van der Waals surface area contributed by atoms with E-state index in [0.717, 1.165) is 49.9 Å². The van der Waals surface area contributed by atoms with Gasteiger partial charge in [-0.2, -0.15) is 0 Å². The average Bonchev–Trinajstić information content (AvgIpc) is 3.35. The molecule has 2 aromatic rings. The number of aliphatic imine (C=N–C) groups is 1. The summed E-state index contributed by atoms with van der Waals surface area (Å²) in [6, 6.07) is 8.06. The first kappa shape index (κ1) is 21.5. The summed E-state index contributed by atoms with van der Waals surface area (Å²) in [5.74, 6) is 1.54. The van der Waals surface area contributed by atoms with Gasteiger partial charge in [-0.3, -0.25) is 0 Å². The van der Waals surface area contributed by atoms with E-state index in [1.54, 1.807) is 6.20 Å². The SMILES string of the molecule is CCNC(=NCc1cccnc1OC1CCCC1)NCCn1cccc1.I. The van der Waals surface area contributed by atoms with Gasteiger partial charge in [0.15, 0.2) is 5.96 Å². The van der Waals surface area contributed by atoms with Crippen LogP contribution in [0.2, 0.25) is 0 Å². The lowest BCUT2D eigenvalue weighted by molar-refractivity contribution is 0.199. The van der Waals surface area contributed by atoms with Crippen molar-refractivity contribution in [1.29, 1.82) is 0 Å². The van der Waals surface area contributed by atoms with E-state index in [0.29, 0.717) is 12.6 Å². The molecule has 148 valence electrons. The number of ether oxygens (including phenoxy) is 1. The van der Waals surface area contributed by atoms with Crippen LogP contribution in [0.5, 0.6) is 5.88 Å². The second kappa shape index (κ2) is 11.8. The maximum Gasteiger partial charge on any atom is 0.218 e. The summed E-state index contributed by atoms with van der Waals surface area (Å²) in [5.41, 5.74) is 1.03. The Labute approximate surface area is 178 Å². The van der Waals surface area contributed by atoms with Crippen molar-refractivity contribution in [2.75, 3.05) is 13.1 Å². The van der Waals surface area contributed by atoms with Crippen LogP contribution in [0.15, 0.2) is 47.8 Å². The van der Waals surface area contributed by atoms with Crippen LogP contribution < -0.4 is 15.4 Å². The molecule has 1 aliphatic rings. The Kier molecular flexibility index (Phi) is 9.44. The second-order valence-electron chi connectivity index (χ2n) is 6.53. The molecule has 3 rings (SSSR count). The van der Waals surface area contributed by atoms with Crippen molar-refractivity contribution >= 4 is 29.9 Å². The minimum atomic E-state index is 0.